The highest BCUT2D eigenvalue weighted by molar-refractivity contribution is 5.47. The van der Waals surface area contributed by atoms with Gasteiger partial charge in [0.05, 0.1) is 12.0 Å². The first kappa shape index (κ1) is 15.7. The third kappa shape index (κ3) is 3.98. The molecule has 2 aromatic rings. The predicted octanol–water partition coefficient (Wildman–Crippen LogP) is 1.35. The third-order valence-corrected chi connectivity index (χ3v) is 4.27. The normalized spacial score (nSPS) is 18.8. The van der Waals surface area contributed by atoms with Crippen molar-refractivity contribution in [2.75, 3.05) is 37.4 Å². The molecule has 1 fully saturated rings. The summed E-state index contributed by atoms with van der Waals surface area (Å²) in [7, 11) is 6.02. The lowest BCUT2D eigenvalue weighted by atomic mass is 10.1. The average Bonchev–Trinajstić information content (AvgIpc) is 2.93. The lowest BCUT2D eigenvalue weighted by Gasteiger charge is -2.33. The topological polar surface area (TPSA) is 62.1 Å². The first-order valence-corrected chi connectivity index (χ1v) is 8.05. The van der Waals surface area contributed by atoms with Crippen LogP contribution >= 0.6 is 0 Å². The number of hydrogen-bond donors (Lipinski definition) is 1. The maximum Gasteiger partial charge on any atom is 0.133 e. The van der Waals surface area contributed by atoms with Crippen LogP contribution in [0.1, 0.15) is 18.5 Å². The van der Waals surface area contributed by atoms with Gasteiger partial charge in [-0.3, -0.25) is 4.90 Å². The number of nitrogens with one attached hydrogen (secondary N) is 1. The van der Waals surface area contributed by atoms with Crippen molar-refractivity contribution >= 4 is 11.6 Å². The minimum Gasteiger partial charge on any atom is -0.366 e. The van der Waals surface area contributed by atoms with Crippen molar-refractivity contribution in [1.29, 1.82) is 0 Å². The van der Waals surface area contributed by atoms with Gasteiger partial charge in [-0.05, 0) is 19.4 Å². The predicted molar refractivity (Wildman–Crippen MR) is 91.5 cm³/mol. The molecule has 1 N–H and O–H groups in total. The third-order valence-electron chi connectivity index (χ3n) is 4.27. The van der Waals surface area contributed by atoms with Crippen LogP contribution in [0, 0.1) is 0 Å². The van der Waals surface area contributed by atoms with Gasteiger partial charge in [0.25, 0.3) is 0 Å². The summed E-state index contributed by atoms with van der Waals surface area (Å²) in [5.74, 6) is 1.82. The highest BCUT2D eigenvalue weighted by atomic mass is 15.2. The second-order valence-corrected chi connectivity index (χ2v) is 6.37. The van der Waals surface area contributed by atoms with Gasteiger partial charge in [-0.25, -0.2) is 15.0 Å². The van der Waals surface area contributed by atoms with Crippen LogP contribution in [0.25, 0.3) is 0 Å². The average molecular weight is 315 g/mol. The maximum atomic E-state index is 4.35. The maximum absolute atomic E-state index is 4.35. The van der Waals surface area contributed by atoms with Crippen molar-refractivity contribution in [2.45, 2.75) is 25.4 Å². The van der Waals surface area contributed by atoms with Gasteiger partial charge < -0.3 is 14.8 Å². The molecule has 0 radical (unpaired) electrons. The lowest BCUT2D eigenvalue weighted by molar-refractivity contribution is 0.204. The molecule has 1 saturated heterocycles. The molecule has 1 aliphatic heterocycles. The van der Waals surface area contributed by atoms with Gasteiger partial charge in [0, 0.05) is 52.5 Å². The fraction of sp³-hybridized carbons (Fsp3) is 0.562. The highest BCUT2D eigenvalue weighted by Gasteiger charge is 2.21. The van der Waals surface area contributed by atoms with Crippen molar-refractivity contribution in [3.05, 3.63) is 30.6 Å². The quantitative estimate of drug-likeness (QED) is 0.899. The summed E-state index contributed by atoms with van der Waals surface area (Å²) in [4.78, 5) is 17.3. The summed E-state index contributed by atoms with van der Waals surface area (Å²) in [6, 6.07) is 2.42. The summed E-state index contributed by atoms with van der Waals surface area (Å²) in [5, 5.41) is 3.56. The highest BCUT2D eigenvalue weighted by Crippen LogP contribution is 2.18. The molecule has 1 unspecified atom stereocenters. The Balaban J connectivity index is 1.60. The number of imidazole rings is 1. The first-order chi connectivity index (χ1) is 11.1. The van der Waals surface area contributed by atoms with Crippen molar-refractivity contribution in [3.8, 4) is 0 Å². The van der Waals surface area contributed by atoms with E-state index in [1.54, 1.807) is 6.33 Å². The summed E-state index contributed by atoms with van der Waals surface area (Å²) < 4.78 is 2.09. The molecule has 0 amide bonds. The van der Waals surface area contributed by atoms with Gasteiger partial charge >= 0.3 is 0 Å². The molecule has 7 heteroatoms. The Bertz CT molecular complexity index is 637. The van der Waals surface area contributed by atoms with Gasteiger partial charge in [-0.1, -0.05) is 0 Å². The fourth-order valence-corrected chi connectivity index (χ4v) is 2.96. The number of piperidine rings is 1. The van der Waals surface area contributed by atoms with Gasteiger partial charge in [0.15, 0.2) is 0 Å². The summed E-state index contributed by atoms with van der Waals surface area (Å²) in [5.41, 5.74) is 1.25. The second kappa shape index (κ2) is 6.95. The monoisotopic (exact) mass is 315 g/mol. The molecule has 0 bridgehead atoms. The molecule has 1 aliphatic rings. The number of rotatable bonds is 5. The largest absolute Gasteiger partial charge is 0.366 e. The zero-order valence-corrected chi connectivity index (χ0v) is 14.1. The van der Waals surface area contributed by atoms with Crippen molar-refractivity contribution in [2.24, 2.45) is 7.05 Å². The van der Waals surface area contributed by atoms with Crippen LogP contribution in [0.2, 0.25) is 0 Å². The van der Waals surface area contributed by atoms with E-state index in [0.717, 1.165) is 31.3 Å². The zero-order valence-electron chi connectivity index (χ0n) is 14.1. The smallest absolute Gasteiger partial charge is 0.133 e. The van der Waals surface area contributed by atoms with Crippen LogP contribution in [-0.2, 0) is 13.6 Å². The molecule has 23 heavy (non-hydrogen) atoms. The van der Waals surface area contributed by atoms with Crippen molar-refractivity contribution < 1.29 is 0 Å². The molecule has 124 valence electrons. The Morgan fingerprint density at radius 2 is 2.22 bits per heavy atom. The Morgan fingerprint density at radius 1 is 1.35 bits per heavy atom. The Hall–Kier alpha value is -2.15. The summed E-state index contributed by atoms with van der Waals surface area (Å²) in [6.45, 7) is 3.10. The van der Waals surface area contributed by atoms with Crippen LogP contribution in [0.15, 0.2) is 24.9 Å². The molecule has 3 rings (SSSR count). The molecule has 0 aliphatic carbocycles. The van der Waals surface area contributed by atoms with Crippen LogP contribution in [0.3, 0.4) is 0 Å². The number of aromatic nitrogens is 4. The first-order valence-electron chi connectivity index (χ1n) is 8.05. The molecule has 3 heterocycles. The van der Waals surface area contributed by atoms with E-state index in [-0.39, 0.29) is 0 Å². The van der Waals surface area contributed by atoms with E-state index >= 15 is 0 Å². The second-order valence-electron chi connectivity index (χ2n) is 6.37. The van der Waals surface area contributed by atoms with E-state index in [4.69, 9.17) is 0 Å². The van der Waals surface area contributed by atoms with Crippen LogP contribution in [-0.4, -0.2) is 57.6 Å². The van der Waals surface area contributed by atoms with Crippen LogP contribution in [0.5, 0.6) is 0 Å². The number of anilines is 2. The van der Waals surface area contributed by atoms with Crippen LogP contribution < -0.4 is 10.2 Å². The molecule has 2 aromatic heterocycles. The van der Waals surface area contributed by atoms with E-state index in [1.165, 1.54) is 18.5 Å². The molecule has 7 nitrogen and oxygen atoms in total. The van der Waals surface area contributed by atoms with E-state index in [9.17, 15) is 0 Å². The lowest BCUT2D eigenvalue weighted by Crippen LogP contribution is -2.42. The van der Waals surface area contributed by atoms with Crippen molar-refractivity contribution in [3.63, 3.8) is 0 Å². The Kier molecular flexibility index (Phi) is 4.76. The zero-order chi connectivity index (χ0) is 16.2. The Labute approximate surface area is 137 Å². The molecule has 0 spiro atoms. The fourth-order valence-electron chi connectivity index (χ4n) is 2.96. The van der Waals surface area contributed by atoms with Crippen molar-refractivity contribution in [1.82, 2.24) is 24.4 Å². The van der Waals surface area contributed by atoms with Gasteiger partial charge in [-0.15, -0.1) is 0 Å². The summed E-state index contributed by atoms with van der Waals surface area (Å²) >= 11 is 0. The summed E-state index contributed by atoms with van der Waals surface area (Å²) in [6.07, 6.45) is 7.79. The molecular weight excluding hydrogens is 290 g/mol. The molecule has 0 aromatic carbocycles. The minimum atomic E-state index is 0.418. The van der Waals surface area contributed by atoms with E-state index < -0.39 is 0 Å². The van der Waals surface area contributed by atoms with Crippen LogP contribution in [0.4, 0.5) is 11.6 Å². The van der Waals surface area contributed by atoms with Gasteiger partial charge in [0.2, 0.25) is 0 Å². The molecule has 1 atom stereocenters. The number of likely N-dealkylation sites (tertiary alicyclic amines) is 1. The van der Waals surface area contributed by atoms with E-state index in [2.05, 4.69) is 29.7 Å². The standard InChI is InChI=1S/C16H25N7/c1-21(2)16-7-15(18-11-19-16)20-13-5-4-6-23(9-13)10-14-8-17-12-22(14)3/h7-8,11-13H,4-6,9-10H2,1-3H3,(H,18,19,20). The number of hydrogen-bond acceptors (Lipinski definition) is 6. The Morgan fingerprint density at radius 3 is 2.96 bits per heavy atom. The van der Waals surface area contributed by atoms with E-state index in [0.29, 0.717) is 6.04 Å². The minimum absolute atomic E-state index is 0.418. The van der Waals surface area contributed by atoms with Gasteiger partial charge in [-0.2, -0.15) is 0 Å². The SMILES string of the molecule is CN(C)c1cc(NC2CCCN(Cc3cncn3C)C2)ncn1. The molecule has 0 saturated carbocycles. The number of nitrogens with zero attached hydrogens (tertiary/aromatic N) is 6. The van der Waals surface area contributed by atoms with E-state index in [1.807, 2.05) is 44.6 Å². The van der Waals surface area contributed by atoms with Gasteiger partial charge in [0.1, 0.15) is 18.0 Å². The molecular formula is C16H25N7. The number of aryl methyl sites for hydroxylation is 1.